The van der Waals surface area contributed by atoms with E-state index in [1.54, 1.807) is 0 Å². The van der Waals surface area contributed by atoms with E-state index in [9.17, 15) is 4.79 Å². The Hall–Kier alpha value is -0.770. The van der Waals surface area contributed by atoms with Crippen LogP contribution in [-0.4, -0.2) is 54.1 Å². The highest BCUT2D eigenvalue weighted by atomic mass is 16.2. The Labute approximate surface area is 78.9 Å². The smallest absolute Gasteiger partial charge is 0.320 e. The zero-order chi connectivity index (χ0) is 9.64. The Bertz CT molecular complexity index is 239. The van der Waals surface area contributed by atoms with Gasteiger partial charge in [-0.3, -0.25) is 0 Å². The molecule has 0 aromatic heterocycles. The average molecular weight is 183 g/mol. The third kappa shape index (κ3) is 1.05. The first kappa shape index (κ1) is 8.81. The van der Waals surface area contributed by atoms with Crippen LogP contribution in [0.2, 0.25) is 0 Å². The molecule has 0 aromatic carbocycles. The summed E-state index contributed by atoms with van der Waals surface area (Å²) in [6, 6.07) is 0.509. The predicted molar refractivity (Wildman–Crippen MR) is 50.6 cm³/mol. The molecule has 0 bridgehead atoms. The van der Waals surface area contributed by atoms with Gasteiger partial charge in [-0.15, -0.1) is 0 Å². The quantitative estimate of drug-likeness (QED) is 0.578. The Morgan fingerprint density at radius 1 is 1.54 bits per heavy atom. The van der Waals surface area contributed by atoms with Crippen molar-refractivity contribution in [3.8, 4) is 0 Å². The molecule has 0 spiro atoms. The lowest BCUT2D eigenvalue weighted by atomic mass is 9.93. The van der Waals surface area contributed by atoms with Crippen LogP contribution in [-0.2, 0) is 0 Å². The summed E-state index contributed by atoms with van der Waals surface area (Å²) in [5, 5.41) is 3.33. The Morgan fingerprint density at radius 2 is 2.23 bits per heavy atom. The van der Waals surface area contributed by atoms with Gasteiger partial charge in [0, 0.05) is 26.7 Å². The topological polar surface area (TPSA) is 35.6 Å². The van der Waals surface area contributed by atoms with Gasteiger partial charge in [-0.25, -0.2) is 4.79 Å². The minimum absolute atomic E-state index is 0.0372. The molecule has 0 saturated carbocycles. The second kappa shape index (κ2) is 2.61. The standard InChI is InChI=1S/C9H17N3O/c1-9(2)7-6-10-4-5-12(7)8(13)11(9)3/h7,10H,4-6H2,1-3H3. The molecule has 2 heterocycles. The van der Waals surface area contributed by atoms with Crippen LogP contribution in [0, 0.1) is 0 Å². The van der Waals surface area contributed by atoms with Gasteiger partial charge >= 0.3 is 6.03 Å². The van der Waals surface area contributed by atoms with Crippen molar-refractivity contribution in [2.24, 2.45) is 0 Å². The number of hydrogen-bond acceptors (Lipinski definition) is 2. The normalized spacial score (nSPS) is 32.2. The van der Waals surface area contributed by atoms with Crippen molar-refractivity contribution in [3.63, 3.8) is 0 Å². The molecule has 0 aromatic rings. The van der Waals surface area contributed by atoms with Crippen LogP contribution in [0.3, 0.4) is 0 Å². The second-order valence-electron chi connectivity index (χ2n) is 4.41. The molecule has 74 valence electrons. The first-order valence-corrected chi connectivity index (χ1v) is 4.80. The first-order valence-electron chi connectivity index (χ1n) is 4.80. The van der Waals surface area contributed by atoms with Crippen molar-refractivity contribution in [2.45, 2.75) is 25.4 Å². The van der Waals surface area contributed by atoms with Gasteiger partial charge in [0.25, 0.3) is 0 Å². The average Bonchev–Trinajstić information content (AvgIpc) is 2.30. The lowest BCUT2D eigenvalue weighted by Gasteiger charge is -2.36. The van der Waals surface area contributed by atoms with Crippen LogP contribution in [0.15, 0.2) is 0 Å². The lowest BCUT2D eigenvalue weighted by Crippen LogP contribution is -2.55. The summed E-state index contributed by atoms with van der Waals surface area (Å²) >= 11 is 0. The highest BCUT2D eigenvalue weighted by molar-refractivity contribution is 5.78. The Morgan fingerprint density at radius 3 is 2.85 bits per heavy atom. The molecule has 2 saturated heterocycles. The highest BCUT2D eigenvalue weighted by Gasteiger charge is 2.49. The van der Waals surface area contributed by atoms with E-state index in [1.165, 1.54) is 0 Å². The number of likely N-dealkylation sites (N-methyl/N-ethyl adjacent to an activating group) is 1. The van der Waals surface area contributed by atoms with E-state index in [1.807, 2.05) is 16.8 Å². The number of carbonyl (C=O) groups is 1. The number of piperazine rings is 1. The van der Waals surface area contributed by atoms with Crippen LogP contribution >= 0.6 is 0 Å². The number of fused-ring (bicyclic) bond motifs is 1. The largest absolute Gasteiger partial charge is 0.320 e. The van der Waals surface area contributed by atoms with Gasteiger partial charge in [0.15, 0.2) is 0 Å². The fourth-order valence-electron chi connectivity index (χ4n) is 2.23. The predicted octanol–water partition coefficient (Wildman–Crippen LogP) is 0.104. The Kier molecular flexibility index (Phi) is 1.77. The van der Waals surface area contributed by atoms with Crippen LogP contribution in [0.4, 0.5) is 4.79 Å². The van der Waals surface area contributed by atoms with Crippen LogP contribution in [0.25, 0.3) is 0 Å². The van der Waals surface area contributed by atoms with Crippen molar-refractivity contribution in [2.75, 3.05) is 26.7 Å². The first-order chi connectivity index (χ1) is 6.05. The number of amides is 2. The molecule has 4 heteroatoms. The number of nitrogens with zero attached hydrogens (tertiary/aromatic N) is 2. The summed E-state index contributed by atoms with van der Waals surface area (Å²) in [5.41, 5.74) is -0.0372. The van der Waals surface area contributed by atoms with Crippen LogP contribution in [0.5, 0.6) is 0 Å². The molecule has 0 aliphatic carbocycles. The van der Waals surface area contributed by atoms with E-state index >= 15 is 0 Å². The lowest BCUT2D eigenvalue weighted by molar-refractivity contribution is 0.173. The van der Waals surface area contributed by atoms with Crippen molar-refractivity contribution in [3.05, 3.63) is 0 Å². The molecule has 1 atom stereocenters. The molecular formula is C9H17N3O. The molecule has 2 rings (SSSR count). The van der Waals surface area contributed by atoms with E-state index < -0.39 is 0 Å². The van der Waals surface area contributed by atoms with E-state index in [0.29, 0.717) is 6.04 Å². The summed E-state index contributed by atoms with van der Waals surface area (Å²) in [6.45, 7) is 6.94. The fraction of sp³-hybridized carbons (Fsp3) is 0.889. The van der Waals surface area contributed by atoms with Gasteiger partial charge < -0.3 is 15.1 Å². The number of rotatable bonds is 0. The molecule has 1 unspecified atom stereocenters. The number of urea groups is 1. The maximum Gasteiger partial charge on any atom is 0.320 e. The molecular weight excluding hydrogens is 166 g/mol. The zero-order valence-electron chi connectivity index (χ0n) is 8.50. The summed E-state index contributed by atoms with van der Waals surface area (Å²) in [7, 11) is 1.89. The second-order valence-corrected chi connectivity index (χ2v) is 4.41. The van der Waals surface area contributed by atoms with Gasteiger partial charge in [-0.05, 0) is 13.8 Å². The number of carbonyl (C=O) groups excluding carboxylic acids is 1. The van der Waals surface area contributed by atoms with Gasteiger partial charge in [0.05, 0.1) is 11.6 Å². The van der Waals surface area contributed by atoms with E-state index in [-0.39, 0.29) is 11.6 Å². The Balaban J connectivity index is 2.29. The third-order valence-corrected chi connectivity index (χ3v) is 3.46. The summed E-state index contributed by atoms with van der Waals surface area (Å²) in [6.07, 6.45) is 0. The zero-order valence-corrected chi connectivity index (χ0v) is 8.50. The van der Waals surface area contributed by atoms with Gasteiger partial charge in [-0.1, -0.05) is 0 Å². The number of hydrogen-bond donors (Lipinski definition) is 1. The molecule has 0 radical (unpaired) electrons. The van der Waals surface area contributed by atoms with Crippen molar-refractivity contribution < 1.29 is 4.79 Å². The minimum Gasteiger partial charge on any atom is -0.320 e. The summed E-state index contributed by atoms with van der Waals surface area (Å²) in [4.78, 5) is 15.6. The maximum atomic E-state index is 11.8. The van der Waals surface area contributed by atoms with Gasteiger partial charge in [0.2, 0.25) is 0 Å². The van der Waals surface area contributed by atoms with Crippen molar-refractivity contribution >= 4 is 6.03 Å². The van der Waals surface area contributed by atoms with E-state index in [2.05, 4.69) is 19.2 Å². The van der Waals surface area contributed by atoms with Crippen molar-refractivity contribution in [1.82, 2.24) is 15.1 Å². The van der Waals surface area contributed by atoms with E-state index in [0.717, 1.165) is 19.6 Å². The molecule has 2 amide bonds. The molecule has 2 fully saturated rings. The fourth-order valence-corrected chi connectivity index (χ4v) is 2.23. The highest BCUT2D eigenvalue weighted by Crippen LogP contribution is 2.31. The molecule has 2 aliphatic rings. The molecule has 1 N–H and O–H groups in total. The maximum absolute atomic E-state index is 11.8. The molecule has 4 nitrogen and oxygen atoms in total. The van der Waals surface area contributed by atoms with E-state index in [4.69, 9.17) is 0 Å². The van der Waals surface area contributed by atoms with Crippen LogP contribution in [0.1, 0.15) is 13.8 Å². The van der Waals surface area contributed by atoms with Crippen LogP contribution < -0.4 is 5.32 Å². The summed E-state index contributed by atoms with van der Waals surface area (Å²) < 4.78 is 0. The molecule has 2 aliphatic heterocycles. The monoisotopic (exact) mass is 183 g/mol. The van der Waals surface area contributed by atoms with Gasteiger partial charge in [-0.2, -0.15) is 0 Å². The minimum atomic E-state index is -0.0372. The molecule has 13 heavy (non-hydrogen) atoms. The summed E-state index contributed by atoms with van der Waals surface area (Å²) in [5.74, 6) is 0. The number of nitrogens with one attached hydrogen (secondary N) is 1. The SMILES string of the molecule is CN1C(=O)N2CCNCC2C1(C)C. The van der Waals surface area contributed by atoms with Gasteiger partial charge in [0.1, 0.15) is 0 Å². The van der Waals surface area contributed by atoms with Crippen molar-refractivity contribution in [1.29, 1.82) is 0 Å². The third-order valence-electron chi connectivity index (χ3n) is 3.46.